The van der Waals surface area contributed by atoms with Crippen LogP contribution in [0.5, 0.6) is 0 Å². The lowest BCUT2D eigenvalue weighted by atomic mass is 10.0. The van der Waals surface area contributed by atoms with Gasteiger partial charge in [-0.25, -0.2) is 0 Å². The summed E-state index contributed by atoms with van der Waals surface area (Å²) in [7, 11) is 0. The first-order valence-electron chi connectivity index (χ1n) is 31.9. The molecule has 72 heavy (non-hydrogen) atoms. The van der Waals surface area contributed by atoms with Crippen molar-refractivity contribution in [2.45, 2.75) is 347 Å². The van der Waals surface area contributed by atoms with Crippen molar-refractivity contribution in [2.75, 3.05) is 13.2 Å². The molecule has 6 heteroatoms. The predicted molar refractivity (Wildman–Crippen MR) is 315 cm³/mol. The van der Waals surface area contributed by atoms with E-state index in [0.29, 0.717) is 19.4 Å². The Bertz CT molecular complexity index is 1210. The minimum Gasteiger partial charge on any atom is -0.466 e. The lowest BCUT2D eigenvalue weighted by molar-refractivity contribution is -0.143. The second-order valence-corrected chi connectivity index (χ2v) is 21.7. The van der Waals surface area contributed by atoms with Gasteiger partial charge in [0.1, 0.15) is 0 Å². The number of aliphatic hydroxyl groups is 2. The maximum Gasteiger partial charge on any atom is 0.305 e. The first-order valence-corrected chi connectivity index (χ1v) is 31.9. The molecule has 0 fully saturated rings. The monoisotopic (exact) mass is 1010 g/mol. The van der Waals surface area contributed by atoms with Gasteiger partial charge in [0, 0.05) is 12.8 Å². The molecule has 0 aromatic rings. The molecule has 0 aliphatic carbocycles. The second kappa shape index (κ2) is 61.4. The number of ether oxygens (including phenoxy) is 1. The van der Waals surface area contributed by atoms with Crippen LogP contribution in [0, 0.1) is 0 Å². The summed E-state index contributed by atoms with van der Waals surface area (Å²) in [6.07, 6.45) is 78.6. The van der Waals surface area contributed by atoms with Gasteiger partial charge in [0.25, 0.3) is 0 Å². The molecule has 3 N–H and O–H groups in total. The number of carbonyl (C=O) groups excluding carboxylic acids is 2. The minimum atomic E-state index is -0.857. The molecule has 0 aromatic heterocycles. The van der Waals surface area contributed by atoms with Crippen molar-refractivity contribution in [1.82, 2.24) is 5.32 Å². The number of allylic oxidation sites excluding steroid dienone is 7. The summed E-state index contributed by atoms with van der Waals surface area (Å²) >= 11 is 0. The Kier molecular flexibility index (Phi) is 59.5. The molecule has 2 unspecified atom stereocenters. The van der Waals surface area contributed by atoms with Crippen LogP contribution in [-0.2, 0) is 14.3 Å². The van der Waals surface area contributed by atoms with Crippen LogP contribution in [0.4, 0.5) is 0 Å². The normalized spacial score (nSPS) is 12.9. The summed E-state index contributed by atoms with van der Waals surface area (Å²) < 4.78 is 5.47. The Morgan fingerprint density at radius 1 is 0.389 bits per heavy atom. The van der Waals surface area contributed by atoms with Crippen LogP contribution < -0.4 is 5.32 Å². The molecule has 0 radical (unpaired) electrons. The van der Waals surface area contributed by atoms with Crippen molar-refractivity contribution in [1.29, 1.82) is 0 Å². The third-order valence-corrected chi connectivity index (χ3v) is 14.6. The van der Waals surface area contributed by atoms with Gasteiger partial charge >= 0.3 is 5.97 Å². The number of esters is 1. The van der Waals surface area contributed by atoms with Gasteiger partial charge in [-0.1, -0.05) is 274 Å². The fourth-order valence-corrected chi connectivity index (χ4v) is 9.66. The van der Waals surface area contributed by atoms with Crippen LogP contribution in [-0.4, -0.2) is 47.4 Å². The van der Waals surface area contributed by atoms with Crippen molar-refractivity contribution >= 4 is 11.9 Å². The van der Waals surface area contributed by atoms with E-state index in [4.69, 9.17) is 4.74 Å². The molecule has 0 saturated heterocycles. The van der Waals surface area contributed by atoms with Gasteiger partial charge in [-0.15, -0.1) is 0 Å². The maximum absolute atomic E-state index is 12.5. The Morgan fingerprint density at radius 2 is 0.694 bits per heavy atom. The molecule has 0 aliphatic rings. The summed E-state index contributed by atoms with van der Waals surface area (Å²) in [5, 5.41) is 23.2. The molecule has 0 heterocycles. The van der Waals surface area contributed by atoms with E-state index < -0.39 is 12.1 Å². The molecule has 0 saturated carbocycles. The van der Waals surface area contributed by atoms with E-state index in [1.165, 1.54) is 225 Å². The Morgan fingerprint density at radius 3 is 1.07 bits per heavy atom. The van der Waals surface area contributed by atoms with Crippen LogP contribution >= 0.6 is 0 Å². The van der Waals surface area contributed by atoms with Gasteiger partial charge in [-0.05, 0) is 96.3 Å². The minimum absolute atomic E-state index is 0.0192. The van der Waals surface area contributed by atoms with E-state index in [-0.39, 0.29) is 18.5 Å². The third kappa shape index (κ3) is 57.1. The fourth-order valence-electron chi connectivity index (χ4n) is 9.66. The Hall–Kier alpha value is -2.18. The van der Waals surface area contributed by atoms with Crippen LogP contribution in [0.15, 0.2) is 48.6 Å². The average Bonchev–Trinajstić information content (AvgIpc) is 3.38. The second-order valence-electron chi connectivity index (χ2n) is 21.7. The lowest BCUT2D eigenvalue weighted by Crippen LogP contribution is -2.45. The highest BCUT2D eigenvalue weighted by molar-refractivity contribution is 5.76. The quantitative estimate of drug-likeness (QED) is 0.0320. The summed E-state index contributed by atoms with van der Waals surface area (Å²) in [6.45, 7) is 4.87. The standard InChI is InChI=1S/C66H123NO5/c1-3-5-7-9-11-13-15-17-19-21-23-24-26-30-34-38-42-46-50-54-58-64(69)63(62-68)67-65(70)59-55-51-47-43-39-35-31-27-25-29-33-37-41-45-49-53-57-61-72-66(71)60-56-52-48-44-40-36-32-28-22-20-18-16-14-12-10-8-6-4-2/h20,22,25,29,37,41,54,58,63-64,68-69H,3-19,21,23-24,26-28,30-36,38-40,42-53,55-57,59-62H2,1-2H3,(H,67,70)/b22-20-,29-25-,41-37-,58-54+. The van der Waals surface area contributed by atoms with Gasteiger partial charge in [-0.3, -0.25) is 9.59 Å². The predicted octanol–water partition coefficient (Wildman–Crippen LogP) is 20.1. The summed E-state index contributed by atoms with van der Waals surface area (Å²) in [5.74, 6) is -0.102. The van der Waals surface area contributed by atoms with E-state index in [1.807, 2.05) is 6.08 Å². The SMILES string of the molecule is CCCCCCCCC/C=C\CCCCCCCCCC(=O)OCCCCC/C=C\C/C=C\CCCCCCCCCC(=O)NC(CO)C(O)/C=C/CCCCCCCCCCCCCCCCCCCC. The molecule has 6 nitrogen and oxygen atoms in total. The number of rotatable bonds is 59. The highest BCUT2D eigenvalue weighted by Crippen LogP contribution is 2.17. The molecule has 0 aliphatic heterocycles. The zero-order chi connectivity index (χ0) is 52.2. The zero-order valence-electron chi connectivity index (χ0n) is 48.2. The highest BCUT2D eigenvalue weighted by atomic mass is 16.5. The number of carbonyl (C=O) groups is 2. The van der Waals surface area contributed by atoms with Gasteiger partial charge < -0.3 is 20.3 Å². The highest BCUT2D eigenvalue weighted by Gasteiger charge is 2.18. The molecule has 0 aromatic carbocycles. The third-order valence-electron chi connectivity index (χ3n) is 14.6. The summed E-state index contributed by atoms with van der Waals surface area (Å²) in [6, 6.07) is -0.642. The van der Waals surface area contributed by atoms with Gasteiger partial charge in [0.2, 0.25) is 5.91 Å². The smallest absolute Gasteiger partial charge is 0.305 e. The Labute approximate surface area is 448 Å². The van der Waals surface area contributed by atoms with Crippen molar-refractivity contribution in [3.05, 3.63) is 48.6 Å². The van der Waals surface area contributed by atoms with Crippen molar-refractivity contribution in [3.8, 4) is 0 Å². The zero-order valence-corrected chi connectivity index (χ0v) is 48.2. The molecule has 1 amide bonds. The number of nitrogens with one attached hydrogen (secondary N) is 1. The van der Waals surface area contributed by atoms with E-state index in [2.05, 4.69) is 55.6 Å². The van der Waals surface area contributed by atoms with Crippen molar-refractivity contribution in [3.63, 3.8) is 0 Å². The number of unbranched alkanes of at least 4 members (excludes halogenated alkanes) is 42. The van der Waals surface area contributed by atoms with Crippen LogP contribution in [0.1, 0.15) is 335 Å². The molecular formula is C66H123NO5. The molecule has 2 atom stereocenters. The molecular weight excluding hydrogens is 887 g/mol. The summed E-state index contributed by atoms with van der Waals surface area (Å²) in [5.41, 5.74) is 0. The largest absolute Gasteiger partial charge is 0.466 e. The van der Waals surface area contributed by atoms with E-state index in [9.17, 15) is 19.8 Å². The van der Waals surface area contributed by atoms with Crippen LogP contribution in [0.25, 0.3) is 0 Å². The van der Waals surface area contributed by atoms with Gasteiger partial charge in [0.05, 0.1) is 25.4 Å². The molecule has 0 bridgehead atoms. The Balaban J connectivity index is 3.52. The van der Waals surface area contributed by atoms with E-state index in [0.717, 1.165) is 83.5 Å². The number of amides is 1. The average molecular weight is 1010 g/mol. The van der Waals surface area contributed by atoms with Crippen LogP contribution in [0.3, 0.4) is 0 Å². The summed E-state index contributed by atoms with van der Waals surface area (Å²) in [4.78, 5) is 24.6. The molecule has 0 spiro atoms. The van der Waals surface area contributed by atoms with Gasteiger partial charge in [0.15, 0.2) is 0 Å². The lowest BCUT2D eigenvalue weighted by Gasteiger charge is -2.20. The van der Waals surface area contributed by atoms with Crippen molar-refractivity contribution < 1.29 is 24.5 Å². The van der Waals surface area contributed by atoms with Crippen molar-refractivity contribution in [2.24, 2.45) is 0 Å². The van der Waals surface area contributed by atoms with Gasteiger partial charge in [-0.2, -0.15) is 0 Å². The van der Waals surface area contributed by atoms with E-state index in [1.54, 1.807) is 6.08 Å². The van der Waals surface area contributed by atoms with E-state index >= 15 is 0 Å². The van der Waals surface area contributed by atoms with Crippen LogP contribution in [0.2, 0.25) is 0 Å². The number of hydrogen-bond donors (Lipinski definition) is 3. The maximum atomic E-state index is 12.5. The molecule has 422 valence electrons. The number of aliphatic hydroxyl groups excluding tert-OH is 2. The number of hydrogen-bond acceptors (Lipinski definition) is 5. The fraction of sp³-hybridized carbons (Fsp3) is 0.848. The first kappa shape index (κ1) is 69.8. The first-order chi connectivity index (χ1) is 35.5. The topological polar surface area (TPSA) is 95.9 Å². The molecule has 0 rings (SSSR count).